The van der Waals surface area contributed by atoms with Gasteiger partial charge in [-0.05, 0) is 69.2 Å². The van der Waals surface area contributed by atoms with E-state index >= 15 is 0 Å². The summed E-state index contributed by atoms with van der Waals surface area (Å²) in [6, 6.07) is 1.11. The number of rotatable bonds is 4. The molecule has 0 heterocycles. The lowest BCUT2D eigenvalue weighted by atomic mass is 10.2. The fraction of sp³-hybridized carbons (Fsp3) is 1.00. The summed E-state index contributed by atoms with van der Waals surface area (Å²) in [4.78, 5) is 0. The topological polar surface area (TPSA) is 32.7 Å². The van der Waals surface area contributed by atoms with Crippen molar-refractivity contribution >= 4 is 8.96 Å². The van der Waals surface area contributed by atoms with Crippen molar-refractivity contribution in [2.75, 3.05) is 0 Å². The molecule has 1 unspecified atom stereocenters. The van der Waals surface area contributed by atoms with Gasteiger partial charge in [-0.25, -0.2) is 0 Å². The zero-order chi connectivity index (χ0) is 15.1. The minimum Gasteiger partial charge on any atom is -0.391 e. The lowest BCUT2D eigenvalue weighted by Crippen LogP contribution is -2.31. The van der Waals surface area contributed by atoms with Crippen molar-refractivity contribution in [3.05, 3.63) is 0 Å². The number of hydrogen-bond donors (Lipinski definition) is 1. The quantitative estimate of drug-likeness (QED) is 0.783. The highest BCUT2D eigenvalue weighted by Crippen LogP contribution is 2.30. The van der Waals surface area contributed by atoms with Crippen molar-refractivity contribution in [2.24, 2.45) is 0 Å². The Morgan fingerprint density at radius 2 is 1.17 bits per heavy atom. The summed E-state index contributed by atoms with van der Waals surface area (Å²) >= 11 is 0. The maximum Gasteiger partial charge on any atom is 0.0901 e. The molecule has 0 amide bonds. The smallest absolute Gasteiger partial charge is 0.0901 e. The minimum absolute atomic E-state index is 0.0273. The van der Waals surface area contributed by atoms with Crippen LogP contribution in [0.2, 0.25) is 0 Å². The average molecular weight is 279 g/mol. The summed E-state index contributed by atoms with van der Waals surface area (Å²) in [5.41, 5.74) is -0.527. The molecule has 0 aliphatic carbocycles. The Kier molecular flexibility index (Phi) is 9.71. The monoisotopic (exact) mass is 279 g/mol. The van der Waals surface area contributed by atoms with Crippen LogP contribution in [0.25, 0.3) is 0 Å². The molecule has 0 radical (unpaired) electrons. The van der Waals surface area contributed by atoms with Crippen LogP contribution in [-0.2, 0) is 4.52 Å². The van der Waals surface area contributed by atoms with E-state index in [9.17, 15) is 0 Å². The van der Waals surface area contributed by atoms with E-state index in [-0.39, 0.29) is 5.60 Å². The molecule has 3 nitrogen and oxygen atoms in total. The highest BCUT2D eigenvalue weighted by molar-refractivity contribution is 7.29. The van der Waals surface area contributed by atoms with Crippen molar-refractivity contribution in [3.8, 4) is 0 Å². The molecular formula is C14H34NO2P. The first-order valence-corrected chi connectivity index (χ1v) is 7.54. The summed E-state index contributed by atoms with van der Waals surface area (Å²) in [5, 5.41) is 8.52. The molecule has 0 aromatic rings. The Morgan fingerprint density at radius 1 is 0.889 bits per heavy atom. The van der Waals surface area contributed by atoms with E-state index in [2.05, 4.69) is 53.1 Å². The molecule has 0 fully saturated rings. The Hall–Kier alpha value is 0.310. The minimum atomic E-state index is -0.500. The van der Waals surface area contributed by atoms with E-state index in [0.717, 1.165) is 0 Å². The zero-order valence-corrected chi connectivity index (χ0v) is 15.0. The van der Waals surface area contributed by atoms with E-state index in [0.29, 0.717) is 21.0 Å². The van der Waals surface area contributed by atoms with Gasteiger partial charge in [0.05, 0.1) is 20.2 Å². The molecule has 0 spiro atoms. The maximum atomic E-state index is 8.52. The largest absolute Gasteiger partial charge is 0.391 e. The van der Waals surface area contributed by atoms with Gasteiger partial charge in [-0.3, -0.25) is 4.67 Å². The summed E-state index contributed by atoms with van der Waals surface area (Å²) in [5.74, 6) is 0. The summed E-state index contributed by atoms with van der Waals surface area (Å²) in [6.07, 6.45) is 0. The molecule has 0 saturated heterocycles. The average Bonchev–Trinajstić information content (AvgIpc) is 1.96. The standard InChI is InChI=1S/C10H24NOP.C4H10O/c1-8(2)11(9(3)4)13-12-10(5,6)7;1-4(2,3)5/h8-9,13H,1-7H3;5H,1-3H3. The molecule has 0 aromatic carbocycles. The van der Waals surface area contributed by atoms with Gasteiger partial charge < -0.3 is 9.63 Å². The molecule has 4 heteroatoms. The third-order valence-corrected chi connectivity index (χ3v) is 3.52. The fourth-order valence-electron chi connectivity index (χ4n) is 0.997. The van der Waals surface area contributed by atoms with Crippen LogP contribution < -0.4 is 0 Å². The Bertz CT molecular complexity index is 191. The van der Waals surface area contributed by atoms with Crippen LogP contribution in [-0.4, -0.2) is 33.1 Å². The van der Waals surface area contributed by atoms with Crippen molar-refractivity contribution < 1.29 is 9.63 Å². The zero-order valence-electron chi connectivity index (χ0n) is 14.0. The predicted molar refractivity (Wildman–Crippen MR) is 83.2 cm³/mol. The van der Waals surface area contributed by atoms with Crippen LogP contribution in [0.15, 0.2) is 0 Å². The van der Waals surface area contributed by atoms with Crippen LogP contribution in [0.4, 0.5) is 0 Å². The molecule has 0 rings (SSSR count). The first-order chi connectivity index (χ1) is 7.74. The van der Waals surface area contributed by atoms with Gasteiger partial charge in [0.2, 0.25) is 0 Å². The van der Waals surface area contributed by atoms with Crippen LogP contribution in [0.3, 0.4) is 0 Å². The highest BCUT2D eigenvalue weighted by atomic mass is 31.1. The Morgan fingerprint density at radius 3 is 1.33 bits per heavy atom. The molecule has 18 heavy (non-hydrogen) atoms. The van der Waals surface area contributed by atoms with Crippen molar-refractivity contribution in [1.82, 2.24) is 4.67 Å². The second kappa shape index (κ2) is 8.47. The van der Waals surface area contributed by atoms with E-state index in [1.807, 2.05) is 0 Å². The van der Waals surface area contributed by atoms with Crippen molar-refractivity contribution in [2.45, 2.75) is 92.5 Å². The molecular weight excluding hydrogens is 245 g/mol. The molecule has 0 aliphatic rings. The normalized spacial score (nSPS) is 13.7. The molecule has 1 N–H and O–H groups in total. The first-order valence-electron chi connectivity index (χ1n) is 6.68. The molecule has 1 atom stereocenters. The van der Waals surface area contributed by atoms with E-state index < -0.39 is 5.60 Å². The van der Waals surface area contributed by atoms with Crippen LogP contribution in [0, 0.1) is 0 Å². The van der Waals surface area contributed by atoms with E-state index in [1.54, 1.807) is 20.8 Å². The van der Waals surface area contributed by atoms with E-state index in [4.69, 9.17) is 9.63 Å². The summed E-state index contributed by atoms with van der Waals surface area (Å²) in [6.45, 7) is 20.3. The van der Waals surface area contributed by atoms with Gasteiger partial charge in [-0.1, -0.05) is 0 Å². The molecule has 0 aliphatic heterocycles. The number of hydrogen-bond acceptors (Lipinski definition) is 3. The van der Waals surface area contributed by atoms with Gasteiger partial charge in [0.25, 0.3) is 0 Å². The van der Waals surface area contributed by atoms with Gasteiger partial charge in [0, 0.05) is 12.1 Å². The van der Waals surface area contributed by atoms with Crippen LogP contribution in [0.5, 0.6) is 0 Å². The van der Waals surface area contributed by atoms with Gasteiger partial charge in [-0.2, -0.15) is 0 Å². The molecule has 0 bridgehead atoms. The fourth-order valence-corrected chi connectivity index (χ4v) is 1.80. The lowest BCUT2D eigenvalue weighted by molar-refractivity contribution is 0.102. The number of aliphatic hydroxyl groups is 1. The highest BCUT2D eigenvalue weighted by Gasteiger charge is 2.17. The molecule has 0 aromatic heterocycles. The Labute approximate surface area is 116 Å². The Balaban J connectivity index is 0. The second-order valence-corrected chi connectivity index (χ2v) is 7.97. The van der Waals surface area contributed by atoms with Gasteiger partial charge in [0.1, 0.15) is 0 Å². The summed E-state index contributed by atoms with van der Waals surface area (Å²) < 4.78 is 8.13. The third-order valence-electron chi connectivity index (χ3n) is 1.57. The van der Waals surface area contributed by atoms with Crippen LogP contribution >= 0.6 is 8.96 Å². The van der Waals surface area contributed by atoms with Crippen molar-refractivity contribution in [3.63, 3.8) is 0 Å². The molecule has 112 valence electrons. The van der Waals surface area contributed by atoms with Crippen molar-refractivity contribution in [1.29, 1.82) is 0 Å². The number of nitrogens with zero attached hydrogens (tertiary/aromatic N) is 1. The maximum absolute atomic E-state index is 8.52. The SMILES string of the molecule is CC(C)(C)O.CC(C)N(POC(C)(C)C)C(C)C. The van der Waals surface area contributed by atoms with E-state index in [1.165, 1.54) is 0 Å². The van der Waals surface area contributed by atoms with Gasteiger partial charge in [-0.15, -0.1) is 0 Å². The van der Waals surface area contributed by atoms with Gasteiger partial charge in [0.15, 0.2) is 0 Å². The predicted octanol–water partition coefficient (Wildman–Crippen LogP) is 4.21. The first kappa shape index (κ1) is 20.6. The summed E-state index contributed by atoms with van der Waals surface area (Å²) in [7, 11) is 0.469. The van der Waals surface area contributed by atoms with Gasteiger partial charge >= 0.3 is 0 Å². The second-order valence-electron chi connectivity index (χ2n) is 7.07. The lowest BCUT2D eigenvalue weighted by Gasteiger charge is -2.32. The molecule has 0 saturated carbocycles. The third kappa shape index (κ3) is 18.7. The van der Waals surface area contributed by atoms with Crippen LogP contribution in [0.1, 0.15) is 69.2 Å².